The minimum atomic E-state index is -0.116. The predicted molar refractivity (Wildman–Crippen MR) is 107 cm³/mol. The van der Waals surface area contributed by atoms with E-state index in [0.29, 0.717) is 32.7 Å². The Morgan fingerprint density at radius 3 is 2.39 bits per heavy atom. The maximum absolute atomic E-state index is 12.9. The number of aromatic nitrogens is 4. The first-order valence-corrected chi connectivity index (χ1v) is 9.66. The van der Waals surface area contributed by atoms with Crippen molar-refractivity contribution in [2.45, 2.75) is 26.4 Å². The number of para-hydroxylation sites is 2. The van der Waals surface area contributed by atoms with E-state index in [-0.39, 0.29) is 18.1 Å². The van der Waals surface area contributed by atoms with Gasteiger partial charge in [-0.05, 0) is 18.6 Å². The number of aryl methyl sites for hydroxylation is 1. The van der Waals surface area contributed by atoms with Gasteiger partial charge in [0.15, 0.2) is 0 Å². The Balaban J connectivity index is 1.49. The SMILES string of the molecule is CCCn1c(=O)n(CC(=O)N2CCN(c3cnccn3)CC2)c2ccccc21. The fraction of sp³-hybridized carbons (Fsp3) is 0.400. The summed E-state index contributed by atoms with van der Waals surface area (Å²) < 4.78 is 3.36. The van der Waals surface area contributed by atoms with Gasteiger partial charge in [0, 0.05) is 45.1 Å². The number of nitrogens with zero attached hydrogens (tertiary/aromatic N) is 6. The number of hydrogen-bond donors (Lipinski definition) is 0. The van der Waals surface area contributed by atoms with Crippen LogP contribution in [0.15, 0.2) is 47.7 Å². The fourth-order valence-electron chi connectivity index (χ4n) is 3.74. The molecule has 146 valence electrons. The number of fused-ring (bicyclic) bond motifs is 1. The largest absolute Gasteiger partial charge is 0.352 e. The number of rotatable bonds is 5. The summed E-state index contributed by atoms with van der Waals surface area (Å²) >= 11 is 0. The van der Waals surface area contributed by atoms with Crippen LogP contribution in [0.5, 0.6) is 0 Å². The molecule has 8 heteroatoms. The van der Waals surface area contributed by atoms with Crippen molar-refractivity contribution in [1.82, 2.24) is 24.0 Å². The highest BCUT2D eigenvalue weighted by Crippen LogP contribution is 2.15. The van der Waals surface area contributed by atoms with E-state index in [1.165, 1.54) is 0 Å². The van der Waals surface area contributed by atoms with Gasteiger partial charge in [-0.2, -0.15) is 0 Å². The van der Waals surface area contributed by atoms with E-state index in [1.54, 1.807) is 27.7 Å². The molecular weight excluding hydrogens is 356 g/mol. The Bertz CT molecular complexity index is 1020. The summed E-state index contributed by atoms with van der Waals surface area (Å²) in [6, 6.07) is 7.67. The Morgan fingerprint density at radius 2 is 1.75 bits per heavy atom. The summed E-state index contributed by atoms with van der Waals surface area (Å²) in [4.78, 5) is 38.1. The van der Waals surface area contributed by atoms with E-state index in [9.17, 15) is 9.59 Å². The van der Waals surface area contributed by atoms with Crippen molar-refractivity contribution in [3.63, 3.8) is 0 Å². The fourth-order valence-corrected chi connectivity index (χ4v) is 3.74. The molecule has 8 nitrogen and oxygen atoms in total. The zero-order valence-corrected chi connectivity index (χ0v) is 16.0. The summed E-state index contributed by atoms with van der Waals surface area (Å²) in [5, 5.41) is 0. The number of carbonyl (C=O) groups excluding carboxylic acids is 1. The molecule has 0 spiro atoms. The van der Waals surface area contributed by atoms with Gasteiger partial charge in [0.05, 0.1) is 17.2 Å². The molecular formula is C20H24N6O2. The molecule has 0 aliphatic carbocycles. The summed E-state index contributed by atoms with van der Waals surface area (Å²) in [5.74, 6) is 0.800. The van der Waals surface area contributed by atoms with Crippen LogP contribution in [0.25, 0.3) is 11.0 Å². The van der Waals surface area contributed by atoms with Crippen molar-refractivity contribution in [3.05, 3.63) is 53.3 Å². The smallest absolute Gasteiger partial charge is 0.329 e. The van der Waals surface area contributed by atoms with E-state index >= 15 is 0 Å². The summed E-state index contributed by atoms with van der Waals surface area (Å²) in [7, 11) is 0. The monoisotopic (exact) mass is 380 g/mol. The van der Waals surface area contributed by atoms with E-state index < -0.39 is 0 Å². The molecule has 1 aliphatic rings. The van der Waals surface area contributed by atoms with Crippen LogP contribution in [-0.2, 0) is 17.9 Å². The third-order valence-corrected chi connectivity index (χ3v) is 5.17. The Hall–Kier alpha value is -3.16. The zero-order valence-electron chi connectivity index (χ0n) is 16.0. The van der Waals surface area contributed by atoms with Crippen molar-refractivity contribution in [2.24, 2.45) is 0 Å². The highest BCUT2D eigenvalue weighted by molar-refractivity contribution is 5.81. The van der Waals surface area contributed by atoms with Crippen LogP contribution in [0, 0.1) is 0 Å². The first kappa shape index (κ1) is 18.2. The number of imidazole rings is 1. The van der Waals surface area contributed by atoms with Crippen LogP contribution >= 0.6 is 0 Å². The van der Waals surface area contributed by atoms with Crippen LogP contribution in [0.1, 0.15) is 13.3 Å². The lowest BCUT2D eigenvalue weighted by Crippen LogP contribution is -2.50. The average Bonchev–Trinajstić information content (AvgIpc) is 3.01. The van der Waals surface area contributed by atoms with E-state index in [4.69, 9.17) is 0 Å². The number of piperazine rings is 1. The van der Waals surface area contributed by atoms with Gasteiger partial charge in [0.1, 0.15) is 12.4 Å². The molecule has 28 heavy (non-hydrogen) atoms. The maximum Gasteiger partial charge on any atom is 0.329 e. The lowest BCUT2D eigenvalue weighted by Gasteiger charge is -2.35. The summed E-state index contributed by atoms with van der Waals surface area (Å²) in [6.45, 7) is 5.39. The first-order valence-electron chi connectivity index (χ1n) is 9.66. The van der Waals surface area contributed by atoms with Crippen LogP contribution in [-0.4, -0.2) is 56.1 Å². The van der Waals surface area contributed by atoms with Crippen LogP contribution in [0.3, 0.4) is 0 Å². The first-order chi connectivity index (χ1) is 13.7. The van der Waals surface area contributed by atoms with Gasteiger partial charge in [-0.3, -0.25) is 18.9 Å². The Kier molecular flexibility index (Phi) is 5.10. The number of hydrogen-bond acceptors (Lipinski definition) is 5. The normalized spacial score (nSPS) is 14.6. The molecule has 0 unspecified atom stereocenters. The number of amides is 1. The second kappa shape index (κ2) is 7.84. The van der Waals surface area contributed by atoms with Crippen molar-refractivity contribution in [2.75, 3.05) is 31.1 Å². The number of anilines is 1. The van der Waals surface area contributed by atoms with Crippen LogP contribution in [0.2, 0.25) is 0 Å². The molecule has 0 N–H and O–H groups in total. The molecule has 4 rings (SSSR count). The van der Waals surface area contributed by atoms with E-state index in [2.05, 4.69) is 14.9 Å². The molecule has 1 aliphatic heterocycles. The van der Waals surface area contributed by atoms with Gasteiger partial charge in [-0.25, -0.2) is 9.78 Å². The van der Waals surface area contributed by atoms with Crippen molar-refractivity contribution < 1.29 is 4.79 Å². The van der Waals surface area contributed by atoms with Gasteiger partial charge in [-0.1, -0.05) is 19.1 Å². The molecule has 3 aromatic rings. The maximum atomic E-state index is 12.9. The second-order valence-corrected chi connectivity index (χ2v) is 6.94. The number of benzene rings is 1. The standard InChI is InChI=1S/C20H24N6O2/c1-2-9-25-16-5-3-4-6-17(16)26(20(25)28)15-19(27)24-12-10-23(11-13-24)18-14-21-7-8-22-18/h3-8,14H,2,9-13,15H2,1H3. The van der Waals surface area contributed by atoms with Gasteiger partial charge in [0.25, 0.3) is 0 Å². The molecule has 2 aromatic heterocycles. The third-order valence-electron chi connectivity index (χ3n) is 5.17. The number of carbonyl (C=O) groups is 1. The molecule has 0 saturated carbocycles. The molecule has 0 atom stereocenters. The average molecular weight is 380 g/mol. The molecule has 1 fully saturated rings. The molecule has 0 bridgehead atoms. The third kappa shape index (κ3) is 3.37. The highest BCUT2D eigenvalue weighted by atomic mass is 16.2. The minimum Gasteiger partial charge on any atom is -0.352 e. The second-order valence-electron chi connectivity index (χ2n) is 6.94. The lowest BCUT2D eigenvalue weighted by atomic mass is 10.3. The van der Waals surface area contributed by atoms with Gasteiger partial charge < -0.3 is 9.80 Å². The highest BCUT2D eigenvalue weighted by Gasteiger charge is 2.23. The molecule has 1 saturated heterocycles. The van der Waals surface area contributed by atoms with Crippen LogP contribution in [0.4, 0.5) is 5.82 Å². The molecule has 1 aromatic carbocycles. The topological polar surface area (TPSA) is 76.3 Å². The quantitative estimate of drug-likeness (QED) is 0.668. The van der Waals surface area contributed by atoms with Crippen molar-refractivity contribution in [1.29, 1.82) is 0 Å². The van der Waals surface area contributed by atoms with Gasteiger partial charge >= 0.3 is 5.69 Å². The van der Waals surface area contributed by atoms with E-state index in [0.717, 1.165) is 23.3 Å². The zero-order chi connectivity index (χ0) is 19.5. The van der Waals surface area contributed by atoms with Crippen molar-refractivity contribution >= 4 is 22.8 Å². The lowest BCUT2D eigenvalue weighted by molar-refractivity contribution is -0.132. The summed E-state index contributed by atoms with van der Waals surface area (Å²) in [5.41, 5.74) is 1.58. The predicted octanol–water partition coefficient (Wildman–Crippen LogP) is 1.35. The minimum absolute atomic E-state index is 0.0275. The Labute approximate surface area is 163 Å². The molecule has 1 amide bonds. The van der Waals surface area contributed by atoms with Crippen LogP contribution < -0.4 is 10.6 Å². The Morgan fingerprint density at radius 1 is 1.04 bits per heavy atom. The van der Waals surface area contributed by atoms with Gasteiger partial charge in [-0.15, -0.1) is 0 Å². The molecule has 3 heterocycles. The van der Waals surface area contributed by atoms with Gasteiger partial charge in [0.2, 0.25) is 5.91 Å². The van der Waals surface area contributed by atoms with Crippen molar-refractivity contribution in [3.8, 4) is 0 Å². The molecule has 0 radical (unpaired) electrons. The summed E-state index contributed by atoms with van der Waals surface area (Å²) in [6.07, 6.45) is 5.92. The van der Waals surface area contributed by atoms with E-state index in [1.807, 2.05) is 36.1 Å².